The number of aliphatic carboxylic acids is 1. The average Bonchev–Trinajstić information content (AvgIpc) is 3.05. The van der Waals surface area contributed by atoms with E-state index in [1.54, 1.807) is 12.1 Å². The van der Waals surface area contributed by atoms with Crippen molar-refractivity contribution in [3.8, 4) is 0 Å². The zero-order valence-electron chi connectivity index (χ0n) is 12.4. The Bertz CT molecular complexity index is 540. The molecule has 2 rings (SSSR count). The first kappa shape index (κ1) is 16.1. The number of carboxylic acid groups (broad SMARTS) is 1. The number of carbonyl (C=O) groups excluding carboxylic acids is 2. The van der Waals surface area contributed by atoms with Crippen LogP contribution in [0.4, 0.5) is 0 Å². The monoisotopic (exact) mass is 308 g/mol. The molecule has 2 amide bonds. The van der Waals surface area contributed by atoms with Crippen LogP contribution < -0.4 is 5.32 Å². The summed E-state index contributed by atoms with van der Waals surface area (Å²) in [6.45, 7) is 2.06. The Morgan fingerprint density at radius 2 is 2.23 bits per heavy atom. The maximum absolute atomic E-state index is 12.4. The molecule has 2 N–H and O–H groups in total. The van der Waals surface area contributed by atoms with Crippen molar-refractivity contribution in [1.82, 2.24) is 10.2 Å². The van der Waals surface area contributed by atoms with Gasteiger partial charge in [-0.2, -0.15) is 0 Å². The maximum Gasteiger partial charge on any atom is 0.308 e. The van der Waals surface area contributed by atoms with Gasteiger partial charge in [0, 0.05) is 13.1 Å². The second-order valence-corrected chi connectivity index (χ2v) is 5.47. The molecular formula is C15H20N2O5. The van der Waals surface area contributed by atoms with Crippen LogP contribution in [0.25, 0.3) is 0 Å². The van der Waals surface area contributed by atoms with Crippen LogP contribution in [0.2, 0.25) is 0 Å². The SMILES string of the molecule is CC(CNC(=O)C1CCCCN1C(=O)c1ccco1)C(=O)O. The van der Waals surface area contributed by atoms with Crippen molar-refractivity contribution in [2.24, 2.45) is 5.92 Å². The second kappa shape index (κ2) is 7.11. The first-order valence-electron chi connectivity index (χ1n) is 7.35. The van der Waals surface area contributed by atoms with Gasteiger partial charge in [0.25, 0.3) is 5.91 Å². The Hall–Kier alpha value is -2.31. The van der Waals surface area contributed by atoms with Gasteiger partial charge in [0.2, 0.25) is 5.91 Å². The highest BCUT2D eigenvalue weighted by Gasteiger charge is 2.33. The Morgan fingerprint density at radius 1 is 1.45 bits per heavy atom. The minimum Gasteiger partial charge on any atom is -0.481 e. The predicted octanol–water partition coefficient (Wildman–Crippen LogP) is 1.11. The first-order chi connectivity index (χ1) is 10.5. The van der Waals surface area contributed by atoms with E-state index in [4.69, 9.17) is 9.52 Å². The topological polar surface area (TPSA) is 99.9 Å². The third-order valence-corrected chi connectivity index (χ3v) is 3.80. The summed E-state index contributed by atoms with van der Waals surface area (Å²) >= 11 is 0. The van der Waals surface area contributed by atoms with Gasteiger partial charge in [0.1, 0.15) is 6.04 Å². The first-order valence-corrected chi connectivity index (χ1v) is 7.35. The molecule has 1 aromatic heterocycles. The van der Waals surface area contributed by atoms with Gasteiger partial charge in [0.15, 0.2) is 5.76 Å². The van der Waals surface area contributed by atoms with Crippen LogP contribution >= 0.6 is 0 Å². The van der Waals surface area contributed by atoms with E-state index in [9.17, 15) is 14.4 Å². The molecule has 0 aromatic carbocycles. The number of piperidine rings is 1. The highest BCUT2D eigenvalue weighted by atomic mass is 16.4. The third kappa shape index (κ3) is 3.66. The van der Waals surface area contributed by atoms with Crippen LogP contribution in [0.3, 0.4) is 0 Å². The zero-order chi connectivity index (χ0) is 16.1. The number of nitrogens with zero attached hydrogens (tertiary/aromatic N) is 1. The van der Waals surface area contributed by atoms with Crippen LogP contribution in [0.5, 0.6) is 0 Å². The largest absolute Gasteiger partial charge is 0.481 e. The summed E-state index contributed by atoms with van der Waals surface area (Å²) in [5.41, 5.74) is 0. The summed E-state index contributed by atoms with van der Waals surface area (Å²) in [4.78, 5) is 37.0. The van der Waals surface area contributed by atoms with Gasteiger partial charge >= 0.3 is 5.97 Å². The average molecular weight is 308 g/mol. The Kier molecular flexibility index (Phi) is 5.19. The number of furan rings is 1. The van der Waals surface area contributed by atoms with Gasteiger partial charge in [-0.15, -0.1) is 0 Å². The predicted molar refractivity (Wildman–Crippen MR) is 77.2 cm³/mol. The lowest BCUT2D eigenvalue weighted by atomic mass is 10.0. The lowest BCUT2D eigenvalue weighted by Crippen LogP contribution is -2.52. The standard InChI is InChI=1S/C15H20N2O5/c1-10(15(20)21)9-16-13(18)11-5-2-3-7-17(11)14(19)12-6-4-8-22-12/h4,6,8,10-11H,2-3,5,7,9H2,1H3,(H,16,18)(H,20,21). The summed E-state index contributed by atoms with van der Waals surface area (Å²) in [5.74, 6) is -2.04. The fourth-order valence-electron chi connectivity index (χ4n) is 2.45. The normalized spacial score (nSPS) is 19.5. The molecule has 1 saturated heterocycles. The van der Waals surface area contributed by atoms with E-state index in [1.165, 1.54) is 18.1 Å². The molecule has 22 heavy (non-hydrogen) atoms. The Balaban J connectivity index is 2.01. The molecule has 0 radical (unpaired) electrons. The van der Waals surface area contributed by atoms with E-state index < -0.39 is 17.9 Å². The molecule has 7 heteroatoms. The summed E-state index contributed by atoms with van der Waals surface area (Å²) in [6, 6.07) is 2.62. The molecule has 0 saturated carbocycles. The van der Waals surface area contributed by atoms with Crippen LogP contribution in [0.1, 0.15) is 36.7 Å². The molecular weight excluding hydrogens is 288 g/mol. The summed E-state index contributed by atoms with van der Waals surface area (Å²) in [5, 5.41) is 11.5. The zero-order valence-corrected chi connectivity index (χ0v) is 12.4. The van der Waals surface area contributed by atoms with Gasteiger partial charge in [-0.25, -0.2) is 0 Å². The Morgan fingerprint density at radius 3 is 2.86 bits per heavy atom. The fourth-order valence-corrected chi connectivity index (χ4v) is 2.45. The highest BCUT2D eigenvalue weighted by Crippen LogP contribution is 2.20. The second-order valence-electron chi connectivity index (χ2n) is 5.47. The van der Waals surface area contributed by atoms with E-state index in [0.717, 1.165) is 12.8 Å². The summed E-state index contributed by atoms with van der Waals surface area (Å²) < 4.78 is 5.11. The van der Waals surface area contributed by atoms with Crippen molar-refractivity contribution in [2.75, 3.05) is 13.1 Å². The van der Waals surface area contributed by atoms with Crippen LogP contribution in [0, 0.1) is 5.92 Å². The van der Waals surface area contributed by atoms with Gasteiger partial charge in [0.05, 0.1) is 12.2 Å². The van der Waals surface area contributed by atoms with Crippen LogP contribution in [-0.4, -0.2) is 46.9 Å². The van der Waals surface area contributed by atoms with Crippen molar-refractivity contribution in [3.63, 3.8) is 0 Å². The molecule has 1 aromatic rings. The van der Waals surface area contributed by atoms with E-state index in [0.29, 0.717) is 13.0 Å². The molecule has 0 aliphatic carbocycles. The van der Waals surface area contributed by atoms with Crippen molar-refractivity contribution < 1.29 is 23.9 Å². The smallest absolute Gasteiger partial charge is 0.308 e. The quantitative estimate of drug-likeness (QED) is 0.849. The van der Waals surface area contributed by atoms with Crippen molar-refractivity contribution in [2.45, 2.75) is 32.2 Å². The van der Waals surface area contributed by atoms with Crippen LogP contribution in [0.15, 0.2) is 22.8 Å². The van der Waals surface area contributed by atoms with E-state index >= 15 is 0 Å². The number of nitrogens with one attached hydrogen (secondary N) is 1. The number of amides is 2. The molecule has 7 nitrogen and oxygen atoms in total. The lowest BCUT2D eigenvalue weighted by Gasteiger charge is -2.34. The molecule has 1 aliphatic rings. The fraction of sp³-hybridized carbons (Fsp3) is 0.533. The van der Waals surface area contributed by atoms with Gasteiger partial charge in [-0.1, -0.05) is 6.92 Å². The number of carboxylic acids is 1. The van der Waals surface area contributed by atoms with Crippen molar-refractivity contribution >= 4 is 17.8 Å². The molecule has 2 atom stereocenters. The van der Waals surface area contributed by atoms with Crippen molar-refractivity contribution in [1.29, 1.82) is 0 Å². The van der Waals surface area contributed by atoms with Gasteiger partial charge in [-0.05, 0) is 31.4 Å². The summed E-state index contributed by atoms with van der Waals surface area (Å²) in [7, 11) is 0. The van der Waals surface area contributed by atoms with Crippen molar-refractivity contribution in [3.05, 3.63) is 24.2 Å². The lowest BCUT2D eigenvalue weighted by molar-refractivity contribution is -0.141. The van der Waals surface area contributed by atoms with Gasteiger partial charge in [-0.3, -0.25) is 14.4 Å². The minimum absolute atomic E-state index is 0.0491. The van der Waals surface area contributed by atoms with Gasteiger partial charge < -0.3 is 19.7 Å². The molecule has 1 fully saturated rings. The number of hydrogen-bond donors (Lipinski definition) is 2. The van der Waals surface area contributed by atoms with E-state index in [-0.39, 0.29) is 24.1 Å². The number of rotatable bonds is 5. The number of carbonyl (C=O) groups is 3. The van der Waals surface area contributed by atoms with E-state index in [2.05, 4.69) is 5.32 Å². The molecule has 2 heterocycles. The minimum atomic E-state index is -0.965. The number of hydrogen-bond acceptors (Lipinski definition) is 4. The number of likely N-dealkylation sites (tertiary alicyclic amines) is 1. The molecule has 120 valence electrons. The molecule has 2 unspecified atom stereocenters. The van der Waals surface area contributed by atoms with Crippen LogP contribution in [-0.2, 0) is 9.59 Å². The summed E-state index contributed by atoms with van der Waals surface area (Å²) in [6.07, 6.45) is 3.68. The Labute approximate surface area is 128 Å². The third-order valence-electron chi connectivity index (χ3n) is 3.80. The molecule has 0 spiro atoms. The molecule has 0 bridgehead atoms. The molecule has 1 aliphatic heterocycles. The maximum atomic E-state index is 12.4. The highest BCUT2D eigenvalue weighted by molar-refractivity contribution is 5.95. The van der Waals surface area contributed by atoms with E-state index in [1.807, 2.05) is 0 Å².